The van der Waals surface area contributed by atoms with E-state index in [1.54, 1.807) is 30.3 Å². The van der Waals surface area contributed by atoms with Crippen molar-refractivity contribution in [1.82, 2.24) is 20.5 Å². The number of amides is 1. The summed E-state index contributed by atoms with van der Waals surface area (Å²) in [5, 5.41) is 7.81. The molecule has 1 heterocycles. The van der Waals surface area contributed by atoms with Gasteiger partial charge in [-0.3, -0.25) is 4.79 Å². The molecule has 0 radical (unpaired) electrons. The van der Waals surface area contributed by atoms with Crippen LogP contribution in [0, 0.1) is 6.92 Å². The van der Waals surface area contributed by atoms with Gasteiger partial charge >= 0.3 is 0 Å². The van der Waals surface area contributed by atoms with Crippen LogP contribution in [0.3, 0.4) is 0 Å². The summed E-state index contributed by atoms with van der Waals surface area (Å²) in [4.78, 5) is 24.2. The van der Waals surface area contributed by atoms with E-state index in [-0.39, 0.29) is 29.9 Å². The number of hydrogen-bond donors (Lipinski definition) is 2. The summed E-state index contributed by atoms with van der Waals surface area (Å²) < 4.78 is 0. The number of aliphatic imine (C=N–C) groups is 1. The lowest BCUT2D eigenvalue weighted by Gasteiger charge is -2.11. The lowest BCUT2D eigenvalue weighted by molar-refractivity contribution is 0.0827. The number of thiazole rings is 1. The number of halogens is 1. The van der Waals surface area contributed by atoms with Crippen molar-refractivity contribution >= 4 is 47.2 Å². The van der Waals surface area contributed by atoms with Crippen LogP contribution < -0.4 is 10.6 Å². The number of rotatable bonds is 8. The molecule has 0 aliphatic carbocycles. The van der Waals surface area contributed by atoms with Crippen LogP contribution in [0.4, 0.5) is 0 Å². The van der Waals surface area contributed by atoms with Crippen LogP contribution in [0.1, 0.15) is 45.3 Å². The van der Waals surface area contributed by atoms with Crippen molar-refractivity contribution in [2.75, 3.05) is 27.2 Å². The second-order valence-electron chi connectivity index (χ2n) is 6.73. The molecule has 1 aromatic heterocycles. The van der Waals surface area contributed by atoms with E-state index >= 15 is 0 Å². The molecule has 0 saturated heterocycles. The molecule has 0 unspecified atom stereocenters. The van der Waals surface area contributed by atoms with Gasteiger partial charge in [-0.1, -0.05) is 19.1 Å². The highest BCUT2D eigenvalue weighted by molar-refractivity contribution is 14.0. The Kier molecular flexibility index (Phi) is 11.2. The number of carbonyl (C=O) groups excluding carboxylic acids is 1. The van der Waals surface area contributed by atoms with Crippen molar-refractivity contribution in [2.45, 2.75) is 40.2 Å². The van der Waals surface area contributed by atoms with Gasteiger partial charge in [-0.05, 0) is 38.0 Å². The van der Waals surface area contributed by atoms with E-state index in [1.807, 2.05) is 24.3 Å². The standard InChI is InChI=1S/C21H31N5OS.HI/c1-6-18-15(3)28-19(25-18)12-13-23-21(22-7-2)24-14-16-8-10-17(11-9-16)20(27)26(4)5;/h8-11H,6-7,12-14H2,1-5H3,(H2,22,23,24);1H. The first kappa shape index (κ1) is 25.4. The zero-order valence-electron chi connectivity index (χ0n) is 17.9. The van der Waals surface area contributed by atoms with E-state index in [0.717, 1.165) is 37.5 Å². The largest absolute Gasteiger partial charge is 0.357 e. The van der Waals surface area contributed by atoms with Gasteiger partial charge in [-0.15, -0.1) is 35.3 Å². The van der Waals surface area contributed by atoms with Gasteiger partial charge in [0, 0.05) is 44.0 Å². The van der Waals surface area contributed by atoms with Crippen LogP contribution in [-0.4, -0.2) is 48.9 Å². The second kappa shape index (κ2) is 12.8. The van der Waals surface area contributed by atoms with Gasteiger partial charge in [-0.2, -0.15) is 0 Å². The lowest BCUT2D eigenvalue weighted by atomic mass is 10.1. The third-order valence-corrected chi connectivity index (χ3v) is 5.35. The van der Waals surface area contributed by atoms with E-state index in [9.17, 15) is 4.79 Å². The van der Waals surface area contributed by atoms with Crippen LogP contribution in [0.5, 0.6) is 0 Å². The first-order valence-corrected chi connectivity index (χ1v) is 10.5. The fourth-order valence-corrected chi connectivity index (χ4v) is 3.75. The number of hydrogen-bond acceptors (Lipinski definition) is 4. The first-order valence-electron chi connectivity index (χ1n) is 9.72. The maximum Gasteiger partial charge on any atom is 0.253 e. The van der Waals surface area contributed by atoms with Crippen LogP contribution >= 0.6 is 35.3 Å². The molecule has 0 aliphatic rings. The van der Waals surface area contributed by atoms with Gasteiger partial charge < -0.3 is 15.5 Å². The molecule has 0 spiro atoms. The van der Waals surface area contributed by atoms with Crippen LogP contribution in [0.15, 0.2) is 29.3 Å². The Morgan fingerprint density at radius 2 is 1.86 bits per heavy atom. The minimum absolute atomic E-state index is 0. The minimum atomic E-state index is 0. The van der Waals surface area contributed by atoms with Gasteiger partial charge in [0.1, 0.15) is 0 Å². The van der Waals surface area contributed by atoms with Crippen molar-refractivity contribution in [3.05, 3.63) is 51.0 Å². The molecule has 8 heteroatoms. The third kappa shape index (κ3) is 7.93. The average molecular weight is 529 g/mol. The molecule has 160 valence electrons. The van der Waals surface area contributed by atoms with E-state index in [1.165, 1.54) is 15.6 Å². The number of nitrogens with one attached hydrogen (secondary N) is 2. The predicted molar refractivity (Wildman–Crippen MR) is 133 cm³/mol. The van der Waals surface area contributed by atoms with E-state index in [0.29, 0.717) is 12.1 Å². The highest BCUT2D eigenvalue weighted by atomic mass is 127. The lowest BCUT2D eigenvalue weighted by Crippen LogP contribution is -2.38. The number of carbonyl (C=O) groups is 1. The first-order chi connectivity index (χ1) is 13.4. The monoisotopic (exact) mass is 529 g/mol. The molecular formula is C21H32IN5OS. The molecule has 0 saturated carbocycles. The van der Waals surface area contributed by atoms with Gasteiger partial charge in [0.2, 0.25) is 0 Å². The Labute approximate surface area is 195 Å². The predicted octanol–water partition coefficient (Wildman–Crippen LogP) is 3.63. The second-order valence-corrected chi connectivity index (χ2v) is 8.02. The molecule has 0 bridgehead atoms. The SMILES string of the molecule is CCNC(=NCc1ccc(C(=O)N(C)C)cc1)NCCc1nc(CC)c(C)s1.I. The van der Waals surface area contributed by atoms with Gasteiger partial charge in [0.05, 0.1) is 17.2 Å². The zero-order valence-corrected chi connectivity index (χ0v) is 21.1. The molecular weight excluding hydrogens is 497 g/mol. The summed E-state index contributed by atoms with van der Waals surface area (Å²) in [6.45, 7) is 8.48. The number of aromatic nitrogens is 1. The van der Waals surface area contributed by atoms with E-state index in [4.69, 9.17) is 0 Å². The molecule has 2 aromatic rings. The molecule has 6 nitrogen and oxygen atoms in total. The smallest absolute Gasteiger partial charge is 0.253 e. The third-order valence-electron chi connectivity index (χ3n) is 4.27. The summed E-state index contributed by atoms with van der Waals surface area (Å²) in [5.41, 5.74) is 2.96. The minimum Gasteiger partial charge on any atom is -0.357 e. The highest BCUT2D eigenvalue weighted by Crippen LogP contribution is 2.18. The Bertz CT molecular complexity index is 802. The van der Waals surface area contributed by atoms with Crippen molar-refractivity contribution in [2.24, 2.45) is 4.99 Å². The maximum atomic E-state index is 12.0. The zero-order chi connectivity index (χ0) is 20.5. The Balaban J connectivity index is 0.00000420. The van der Waals surface area contributed by atoms with E-state index < -0.39 is 0 Å². The van der Waals surface area contributed by atoms with Crippen molar-refractivity contribution in [3.63, 3.8) is 0 Å². The molecule has 2 N–H and O–H groups in total. The Morgan fingerprint density at radius 3 is 2.41 bits per heavy atom. The molecule has 0 aliphatic heterocycles. The molecule has 2 rings (SSSR count). The summed E-state index contributed by atoms with van der Waals surface area (Å²) in [6, 6.07) is 7.61. The van der Waals surface area contributed by atoms with Crippen molar-refractivity contribution < 1.29 is 4.79 Å². The van der Waals surface area contributed by atoms with Gasteiger partial charge in [0.25, 0.3) is 5.91 Å². The van der Waals surface area contributed by atoms with Gasteiger partial charge in [-0.25, -0.2) is 9.98 Å². The van der Waals surface area contributed by atoms with Crippen molar-refractivity contribution in [1.29, 1.82) is 0 Å². The molecule has 0 fully saturated rings. The topological polar surface area (TPSA) is 69.6 Å². The fourth-order valence-electron chi connectivity index (χ4n) is 2.73. The number of aryl methyl sites for hydroxylation is 2. The fraction of sp³-hybridized carbons (Fsp3) is 0.476. The van der Waals surface area contributed by atoms with Crippen LogP contribution in [0.2, 0.25) is 0 Å². The van der Waals surface area contributed by atoms with Crippen molar-refractivity contribution in [3.8, 4) is 0 Å². The van der Waals surface area contributed by atoms with Crippen LogP contribution in [0.25, 0.3) is 0 Å². The van der Waals surface area contributed by atoms with Gasteiger partial charge in [0.15, 0.2) is 5.96 Å². The summed E-state index contributed by atoms with van der Waals surface area (Å²) in [6.07, 6.45) is 1.87. The molecule has 1 amide bonds. The molecule has 1 aromatic carbocycles. The quantitative estimate of drug-likeness (QED) is 0.312. The normalized spacial score (nSPS) is 11.0. The van der Waals surface area contributed by atoms with Crippen LogP contribution in [-0.2, 0) is 19.4 Å². The maximum absolute atomic E-state index is 12.0. The average Bonchev–Trinajstić information content (AvgIpc) is 3.05. The summed E-state index contributed by atoms with van der Waals surface area (Å²) in [5.74, 6) is 0.800. The Morgan fingerprint density at radius 1 is 1.17 bits per heavy atom. The molecule has 0 atom stereocenters. The summed E-state index contributed by atoms with van der Waals surface area (Å²) in [7, 11) is 3.51. The molecule has 29 heavy (non-hydrogen) atoms. The number of nitrogens with zero attached hydrogens (tertiary/aromatic N) is 3. The van der Waals surface area contributed by atoms with E-state index in [2.05, 4.69) is 41.4 Å². The Hall–Kier alpha value is -1.68. The number of guanidine groups is 1. The highest BCUT2D eigenvalue weighted by Gasteiger charge is 2.08. The number of benzene rings is 1. The summed E-state index contributed by atoms with van der Waals surface area (Å²) >= 11 is 1.78.